The minimum absolute atomic E-state index is 0.149. The number of urea groups is 1. The number of carbonyl (C=O) groups is 2. The van der Waals surface area contributed by atoms with Crippen molar-refractivity contribution in [1.82, 2.24) is 19.8 Å². The third-order valence-corrected chi connectivity index (χ3v) is 3.57. The maximum absolute atomic E-state index is 12.1. The molecule has 0 radical (unpaired) electrons. The number of rotatable bonds is 5. The van der Waals surface area contributed by atoms with Crippen LogP contribution in [-0.4, -0.2) is 38.5 Å². The van der Waals surface area contributed by atoms with Crippen molar-refractivity contribution in [3.8, 4) is 0 Å². The van der Waals surface area contributed by atoms with Crippen LogP contribution in [0, 0.1) is 0 Å². The number of hydrogen-bond acceptors (Lipinski definition) is 6. The fourth-order valence-corrected chi connectivity index (χ4v) is 2.39. The lowest BCUT2D eigenvalue weighted by Crippen LogP contribution is -2.40. The van der Waals surface area contributed by atoms with Gasteiger partial charge in [-0.25, -0.2) is 4.79 Å². The first-order chi connectivity index (χ1) is 8.95. The lowest BCUT2D eigenvalue weighted by atomic mass is 10.1. The Labute approximate surface area is 115 Å². The largest absolute Gasteiger partial charge is 0.374 e. The van der Waals surface area contributed by atoms with Crippen LogP contribution in [-0.2, 0) is 11.3 Å². The molecule has 8 heteroatoms. The minimum atomic E-state index is -0.850. The SMILES string of the molecule is CCCNc1snnc1CN1C(=O)NC(C)(C)C1=O. The molecule has 0 aliphatic carbocycles. The van der Waals surface area contributed by atoms with Crippen LogP contribution in [0.1, 0.15) is 32.9 Å². The molecule has 7 nitrogen and oxygen atoms in total. The third-order valence-electron chi connectivity index (χ3n) is 2.84. The highest BCUT2D eigenvalue weighted by molar-refractivity contribution is 7.10. The number of anilines is 1. The van der Waals surface area contributed by atoms with E-state index in [4.69, 9.17) is 0 Å². The van der Waals surface area contributed by atoms with Gasteiger partial charge in [-0.05, 0) is 20.3 Å². The van der Waals surface area contributed by atoms with Crippen molar-refractivity contribution in [1.29, 1.82) is 0 Å². The normalized spacial score (nSPS) is 17.7. The van der Waals surface area contributed by atoms with E-state index in [1.165, 1.54) is 16.4 Å². The molecule has 1 aliphatic rings. The lowest BCUT2D eigenvalue weighted by Gasteiger charge is -2.15. The fourth-order valence-electron chi connectivity index (χ4n) is 1.80. The van der Waals surface area contributed by atoms with Gasteiger partial charge in [-0.15, -0.1) is 5.10 Å². The zero-order chi connectivity index (χ0) is 14.0. The van der Waals surface area contributed by atoms with Gasteiger partial charge in [0.05, 0.1) is 6.54 Å². The van der Waals surface area contributed by atoms with Crippen LogP contribution in [0.2, 0.25) is 0 Å². The fraction of sp³-hybridized carbons (Fsp3) is 0.636. The van der Waals surface area contributed by atoms with Crippen molar-refractivity contribution in [2.24, 2.45) is 0 Å². The second kappa shape index (κ2) is 5.12. The molecule has 0 spiro atoms. The van der Waals surface area contributed by atoms with E-state index in [0.717, 1.165) is 18.0 Å². The standard InChI is InChI=1S/C11H17N5O2S/c1-4-5-12-8-7(14-15-19-8)6-16-9(17)11(2,3)13-10(16)18/h12H,4-6H2,1-3H3,(H,13,18). The summed E-state index contributed by atoms with van der Waals surface area (Å²) in [4.78, 5) is 25.0. The van der Waals surface area contributed by atoms with E-state index in [2.05, 4.69) is 27.1 Å². The number of imide groups is 1. The Balaban J connectivity index is 2.11. The molecule has 1 aromatic rings. The number of carbonyl (C=O) groups excluding carboxylic acids is 2. The summed E-state index contributed by atoms with van der Waals surface area (Å²) in [5.41, 5.74) is -0.225. The van der Waals surface area contributed by atoms with Gasteiger partial charge in [-0.1, -0.05) is 11.4 Å². The Morgan fingerprint density at radius 1 is 1.42 bits per heavy atom. The van der Waals surface area contributed by atoms with Crippen LogP contribution in [0.5, 0.6) is 0 Å². The van der Waals surface area contributed by atoms with Crippen LogP contribution in [0.3, 0.4) is 0 Å². The van der Waals surface area contributed by atoms with Gasteiger partial charge in [0.1, 0.15) is 16.2 Å². The molecule has 104 valence electrons. The quantitative estimate of drug-likeness (QED) is 0.793. The Hall–Kier alpha value is -1.70. The van der Waals surface area contributed by atoms with Crippen molar-refractivity contribution in [3.63, 3.8) is 0 Å². The van der Waals surface area contributed by atoms with Crippen LogP contribution < -0.4 is 10.6 Å². The van der Waals surface area contributed by atoms with Gasteiger partial charge in [-0.2, -0.15) is 0 Å². The molecule has 0 aromatic carbocycles. The summed E-state index contributed by atoms with van der Waals surface area (Å²) in [5.74, 6) is -0.244. The number of aromatic nitrogens is 2. The Morgan fingerprint density at radius 2 is 2.16 bits per heavy atom. The summed E-state index contributed by atoms with van der Waals surface area (Å²) < 4.78 is 3.86. The van der Waals surface area contributed by atoms with Gasteiger partial charge in [-0.3, -0.25) is 9.69 Å². The van der Waals surface area contributed by atoms with E-state index < -0.39 is 5.54 Å². The molecule has 0 unspecified atom stereocenters. The lowest BCUT2D eigenvalue weighted by molar-refractivity contribution is -0.130. The maximum Gasteiger partial charge on any atom is 0.325 e. The van der Waals surface area contributed by atoms with Gasteiger partial charge in [0.25, 0.3) is 5.91 Å². The van der Waals surface area contributed by atoms with E-state index in [-0.39, 0.29) is 18.5 Å². The summed E-state index contributed by atoms with van der Waals surface area (Å²) in [6, 6.07) is -0.385. The highest BCUT2D eigenvalue weighted by atomic mass is 32.1. The van der Waals surface area contributed by atoms with Crippen LogP contribution in [0.25, 0.3) is 0 Å². The van der Waals surface area contributed by atoms with E-state index in [1.54, 1.807) is 13.8 Å². The van der Waals surface area contributed by atoms with Gasteiger partial charge in [0.15, 0.2) is 0 Å². The number of nitrogens with zero attached hydrogens (tertiary/aromatic N) is 3. The van der Waals surface area contributed by atoms with E-state index in [0.29, 0.717) is 5.69 Å². The molecule has 2 rings (SSSR count). The summed E-state index contributed by atoms with van der Waals surface area (Å²) in [6.45, 7) is 6.38. The molecular weight excluding hydrogens is 266 g/mol. The number of nitrogens with one attached hydrogen (secondary N) is 2. The summed E-state index contributed by atoms with van der Waals surface area (Å²) in [7, 11) is 0. The van der Waals surface area contributed by atoms with Crippen molar-refractivity contribution < 1.29 is 9.59 Å². The predicted octanol–water partition coefficient (Wildman–Crippen LogP) is 1.19. The average molecular weight is 283 g/mol. The highest BCUT2D eigenvalue weighted by Gasteiger charge is 2.44. The van der Waals surface area contributed by atoms with E-state index in [9.17, 15) is 9.59 Å². The minimum Gasteiger partial charge on any atom is -0.374 e. The number of amides is 3. The molecule has 1 fully saturated rings. The monoisotopic (exact) mass is 283 g/mol. The molecule has 0 saturated carbocycles. The Morgan fingerprint density at radius 3 is 2.74 bits per heavy atom. The van der Waals surface area contributed by atoms with Crippen LogP contribution in [0.4, 0.5) is 9.80 Å². The topological polar surface area (TPSA) is 87.2 Å². The second-order valence-corrected chi connectivity index (χ2v) is 5.68. The first-order valence-corrected chi connectivity index (χ1v) is 6.92. The van der Waals surface area contributed by atoms with Crippen molar-refractivity contribution >= 4 is 28.5 Å². The zero-order valence-corrected chi connectivity index (χ0v) is 12.0. The Kier molecular flexibility index (Phi) is 3.70. The molecule has 1 aromatic heterocycles. The second-order valence-electron chi connectivity index (χ2n) is 4.92. The van der Waals surface area contributed by atoms with E-state index >= 15 is 0 Å². The van der Waals surface area contributed by atoms with Crippen LogP contribution >= 0.6 is 11.5 Å². The molecule has 19 heavy (non-hydrogen) atoms. The molecular formula is C11H17N5O2S. The predicted molar refractivity (Wildman–Crippen MR) is 71.9 cm³/mol. The van der Waals surface area contributed by atoms with Crippen LogP contribution in [0.15, 0.2) is 0 Å². The van der Waals surface area contributed by atoms with Gasteiger partial charge >= 0.3 is 6.03 Å². The van der Waals surface area contributed by atoms with Crippen molar-refractivity contribution in [2.75, 3.05) is 11.9 Å². The molecule has 2 N–H and O–H groups in total. The summed E-state index contributed by atoms with van der Waals surface area (Å²) in [5, 5.41) is 10.6. The molecule has 1 aliphatic heterocycles. The molecule has 0 atom stereocenters. The zero-order valence-electron chi connectivity index (χ0n) is 11.2. The Bertz CT molecular complexity index is 499. The van der Waals surface area contributed by atoms with Gasteiger partial charge < -0.3 is 10.6 Å². The highest BCUT2D eigenvalue weighted by Crippen LogP contribution is 2.23. The molecule has 3 amide bonds. The summed E-state index contributed by atoms with van der Waals surface area (Å²) in [6.07, 6.45) is 0.980. The average Bonchev–Trinajstić information content (AvgIpc) is 2.85. The molecule has 1 saturated heterocycles. The van der Waals surface area contributed by atoms with Gasteiger partial charge in [0, 0.05) is 18.1 Å². The first kappa shape index (κ1) is 13.7. The molecule has 2 heterocycles. The maximum atomic E-state index is 12.1. The smallest absolute Gasteiger partial charge is 0.325 e. The van der Waals surface area contributed by atoms with Crippen molar-refractivity contribution in [2.45, 2.75) is 39.3 Å². The van der Waals surface area contributed by atoms with Gasteiger partial charge in [0.2, 0.25) is 0 Å². The summed E-state index contributed by atoms with van der Waals surface area (Å²) >= 11 is 1.23. The third kappa shape index (κ3) is 2.67. The first-order valence-electron chi connectivity index (χ1n) is 6.15. The van der Waals surface area contributed by atoms with Crippen molar-refractivity contribution in [3.05, 3.63) is 5.69 Å². The molecule has 0 bridgehead atoms. The number of hydrogen-bond donors (Lipinski definition) is 2. The van der Waals surface area contributed by atoms with E-state index in [1.807, 2.05) is 0 Å².